The van der Waals surface area contributed by atoms with Crippen LogP contribution in [-0.4, -0.2) is 43.9 Å². The Morgan fingerprint density at radius 3 is 2.43 bits per heavy atom. The number of rotatable bonds is 1. The molecule has 0 radical (unpaired) electrons. The van der Waals surface area contributed by atoms with Gasteiger partial charge in [-0.2, -0.15) is 17.5 Å². The molecule has 8 heteroatoms. The van der Waals surface area contributed by atoms with E-state index in [0.29, 0.717) is 4.31 Å². The van der Waals surface area contributed by atoms with E-state index >= 15 is 0 Å². The Balaban J connectivity index is 2.92. The topological polar surface area (TPSA) is 49.4 Å². The van der Waals surface area contributed by atoms with E-state index in [1.54, 1.807) is 0 Å². The lowest BCUT2D eigenvalue weighted by atomic mass is 10.3. The summed E-state index contributed by atoms with van der Waals surface area (Å²) in [5.74, 6) is 0. The summed E-state index contributed by atoms with van der Waals surface area (Å²) in [6.45, 7) is 1.80. The SMILES string of the molecule is C[C@@H]1CNCCN1S(=O)(=O)C(F)(F)F. The van der Waals surface area contributed by atoms with Gasteiger partial charge in [-0.25, -0.2) is 8.42 Å². The first-order valence-corrected chi connectivity index (χ1v) is 5.49. The van der Waals surface area contributed by atoms with E-state index in [0.717, 1.165) is 0 Å². The van der Waals surface area contributed by atoms with Gasteiger partial charge in [-0.3, -0.25) is 0 Å². The summed E-state index contributed by atoms with van der Waals surface area (Å²) in [7, 11) is -5.16. The fourth-order valence-electron chi connectivity index (χ4n) is 1.31. The van der Waals surface area contributed by atoms with Crippen molar-refractivity contribution in [3.63, 3.8) is 0 Å². The van der Waals surface area contributed by atoms with Gasteiger partial charge >= 0.3 is 15.5 Å². The fourth-order valence-corrected chi connectivity index (χ4v) is 2.46. The highest BCUT2D eigenvalue weighted by Crippen LogP contribution is 2.28. The molecule has 0 amide bonds. The van der Waals surface area contributed by atoms with Crippen LogP contribution >= 0.6 is 0 Å². The highest BCUT2D eigenvalue weighted by atomic mass is 32.2. The van der Waals surface area contributed by atoms with Crippen molar-refractivity contribution in [1.82, 2.24) is 9.62 Å². The molecule has 1 aliphatic heterocycles. The zero-order valence-corrected chi connectivity index (χ0v) is 8.32. The van der Waals surface area contributed by atoms with Gasteiger partial charge in [-0.05, 0) is 6.92 Å². The molecule has 1 aliphatic rings. The average molecular weight is 232 g/mol. The molecule has 84 valence electrons. The van der Waals surface area contributed by atoms with Crippen molar-refractivity contribution in [2.45, 2.75) is 18.5 Å². The molecule has 4 nitrogen and oxygen atoms in total. The minimum Gasteiger partial charge on any atom is -0.314 e. The number of piperazine rings is 1. The smallest absolute Gasteiger partial charge is 0.314 e. The number of alkyl halides is 3. The van der Waals surface area contributed by atoms with E-state index in [1.807, 2.05) is 0 Å². The maximum atomic E-state index is 12.1. The maximum absolute atomic E-state index is 12.1. The largest absolute Gasteiger partial charge is 0.511 e. The number of hydrogen-bond acceptors (Lipinski definition) is 3. The molecule has 14 heavy (non-hydrogen) atoms. The van der Waals surface area contributed by atoms with Crippen molar-refractivity contribution < 1.29 is 21.6 Å². The van der Waals surface area contributed by atoms with E-state index in [4.69, 9.17) is 0 Å². The Kier molecular flexibility index (Phi) is 3.07. The van der Waals surface area contributed by atoms with Crippen LogP contribution in [0.2, 0.25) is 0 Å². The monoisotopic (exact) mass is 232 g/mol. The number of nitrogens with zero attached hydrogens (tertiary/aromatic N) is 1. The van der Waals surface area contributed by atoms with Gasteiger partial charge in [-0.15, -0.1) is 0 Å². The van der Waals surface area contributed by atoms with Gasteiger partial charge in [0.1, 0.15) is 0 Å². The van der Waals surface area contributed by atoms with Crippen LogP contribution in [0.25, 0.3) is 0 Å². The van der Waals surface area contributed by atoms with E-state index in [9.17, 15) is 21.6 Å². The Morgan fingerprint density at radius 2 is 2.00 bits per heavy atom. The van der Waals surface area contributed by atoms with Gasteiger partial charge in [0.05, 0.1) is 0 Å². The highest BCUT2D eigenvalue weighted by Gasteiger charge is 2.51. The maximum Gasteiger partial charge on any atom is 0.511 e. The van der Waals surface area contributed by atoms with Crippen LogP contribution in [0, 0.1) is 0 Å². The molecule has 1 N–H and O–H groups in total. The molecule has 0 spiro atoms. The van der Waals surface area contributed by atoms with Crippen molar-refractivity contribution >= 4 is 10.0 Å². The third kappa shape index (κ3) is 2.01. The summed E-state index contributed by atoms with van der Waals surface area (Å²) in [6, 6.07) is -0.657. The zero-order chi connectivity index (χ0) is 11.0. The molecule has 1 fully saturated rings. The summed E-state index contributed by atoms with van der Waals surface area (Å²) >= 11 is 0. The molecule has 1 saturated heterocycles. The Bertz CT molecular complexity index is 301. The third-order valence-corrected chi connectivity index (χ3v) is 3.79. The van der Waals surface area contributed by atoms with Crippen molar-refractivity contribution in [2.75, 3.05) is 19.6 Å². The van der Waals surface area contributed by atoms with E-state index in [1.165, 1.54) is 6.92 Å². The number of halogens is 3. The second-order valence-electron chi connectivity index (χ2n) is 3.11. The van der Waals surface area contributed by atoms with E-state index < -0.39 is 21.6 Å². The van der Waals surface area contributed by atoms with E-state index in [2.05, 4.69) is 5.32 Å². The summed E-state index contributed by atoms with van der Waals surface area (Å²) in [5.41, 5.74) is -5.20. The van der Waals surface area contributed by atoms with Gasteiger partial charge in [0, 0.05) is 25.7 Å². The fraction of sp³-hybridized carbons (Fsp3) is 1.00. The van der Waals surface area contributed by atoms with E-state index in [-0.39, 0.29) is 19.6 Å². The molecule has 0 saturated carbocycles. The molecule has 0 aromatic heterocycles. The predicted molar refractivity (Wildman–Crippen MR) is 44.0 cm³/mol. The second-order valence-corrected chi connectivity index (χ2v) is 5.00. The lowest BCUT2D eigenvalue weighted by molar-refractivity contribution is -0.0503. The molecule has 1 heterocycles. The summed E-state index contributed by atoms with van der Waals surface area (Å²) in [6.07, 6.45) is 0. The van der Waals surface area contributed by atoms with Crippen LogP contribution in [0.1, 0.15) is 6.92 Å². The summed E-state index contributed by atoms with van der Waals surface area (Å²) < 4.78 is 58.9. The first kappa shape index (κ1) is 11.7. The van der Waals surface area contributed by atoms with Crippen molar-refractivity contribution in [1.29, 1.82) is 0 Å². The van der Waals surface area contributed by atoms with Crippen LogP contribution in [0.3, 0.4) is 0 Å². The molecular formula is C6H11F3N2O2S. The molecule has 1 atom stereocenters. The molecule has 0 bridgehead atoms. The quantitative estimate of drug-likeness (QED) is 0.699. The predicted octanol–water partition coefficient (Wildman–Crippen LogP) is 0.130. The van der Waals surface area contributed by atoms with Crippen molar-refractivity contribution in [3.8, 4) is 0 Å². The molecule has 0 aromatic rings. The minimum atomic E-state index is -5.20. The first-order chi connectivity index (χ1) is 6.27. The highest BCUT2D eigenvalue weighted by molar-refractivity contribution is 7.90. The van der Waals surface area contributed by atoms with Gasteiger partial charge in [-0.1, -0.05) is 0 Å². The average Bonchev–Trinajstić information content (AvgIpc) is 2.02. The Hall–Kier alpha value is -0.340. The summed E-state index contributed by atoms with van der Waals surface area (Å²) in [4.78, 5) is 0. The molecule has 0 aromatic carbocycles. The normalized spacial score (nSPS) is 26.4. The lowest BCUT2D eigenvalue weighted by Gasteiger charge is -2.33. The zero-order valence-electron chi connectivity index (χ0n) is 7.50. The molecule has 0 unspecified atom stereocenters. The molecule has 0 aliphatic carbocycles. The van der Waals surface area contributed by atoms with Crippen LogP contribution in [0.5, 0.6) is 0 Å². The number of nitrogens with one attached hydrogen (secondary N) is 1. The lowest BCUT2D eigenvalue weighted by Crippen LogP contribution is -2.55. The van der Waals surface area contributed by atoms with Crippen LogP contribution in [-0.2, 0) is 10.0 Å². The van der Waals surface area contributed by atoms with Crippen LogP contribution in [0.4, 0.5) is 13.2 Å². The molecular weight excluding hydrogens is 221 g/mol. The van der Waals surface area contributed by atoms with Crippen LogP contribution in [0.15, 0.2) is 0 Å². The second kappa shape index (κ2) is 3.67. The summed E-state index contributed by atoms with van der Waals surface area (Å²) in [5, 5.41) is 2.81. The van der Waals surface area contributed by atoms with Gasteiger partial charge in [0.2, 0.25) is 0 Å². The number of sulfonamides is 1. The van der Waals surface area contributed by atoms with Crippen LogP contribution < -0.4 is 5.32 Å². The Morgan fingerprint density at radius 1 is 1.43 bits per heavy atom. The first-order valence-electron chi connectivity index (χ1n) is 4.05. The van der Waals surface area contributed by atoms with Crippen molar-refractivity contribution in [3.05, 3.63) is 0 Å². The van der Waals surface area contributed by atoms with Gasteiger partial charge in [0.25, 0.3) is 0 Å². The minimum absolute atomic E-state index is 0.136. The van der Waals surface area contributed by atoms with Gasteiger partial charge < -0.3 is 5.32 Å². The number of hydrogen-bond donors (Lipinski definition) is 1. The van der Waals surface area contributed by atoms with Crippen molar-refractivity contribution in [2.24, 2.45) is 0 Å². The standard InChI is InChI=1S/C6H11F3N2O2S/c1-5-4-10-2-3-11(5)14(12,13)6(7,8)9/h5,10H,2-4H2,1H3/t5-/m1/s1. The van der Waals surface area contributed by atoms with Gasteiger partial charge in [0.15, 0.2) is 0 Å². The Labute approximate surface area is 80.1 Å². The molecule has 1 rings (SSSR count). The third-order valence-electron chi connectivity index (χ3n) is 2.04.